The third-order valence-corrected chi connectivity index (χ3v) is 5.31. The monoisotopic (exact) mass is 376 g/mol. The number of hydrogen-bond acceptors (Lipinski definition) is 8. The first-order valence-electron chi connectivity index (χ1n) is 9.25. The molecule has 0 aromatic carbocycles. The molecule has 4 rings (SSSR count). The molecule has 10 nitrogen and oxygen atoms in total. The number of carbonyl (C=O) groups excluding carboxylic acids is 1. The average Bonchev–Trinajstić information content (AvgIpc) is 3.38. The van der Waals surface area contributed by atoms with E-state index in [1.54, 1.807) is 17.8 Å². The summed E-state index contributed by atoms with van der Waals surface area (Å²) in [6.07, 6.45) is 2.59. The van der Waals surface area contributed by atoms with Gasteiger partial charge in [0.25, 0.3) is 0 Å². The van der Waals surface area contributed by atoms with Gasteiger partial charge in [-0.2, -0.15) is 0 Å². The van der Waals surface area contributed by atoms with E-state index in [0.717, 1.165) is 13.0 Å². The van der Waals surface area contributed by atoms with Crippen molar-refractivity contribution in [3.8, 4) is 0 Å². The lowest BCUT2D eigenvalue weighted by atomic mass is 10.2. The Morgan fingerprint density at radius 2 is 2.19 bits per heavy atom. The van der Waals surface area contributed by atoms with Gasteiger partial charge in [-0.1, -0.05) is 6.92 Å². The zero-order valence-electron chi connectivity index (χ0n) is 15.1. The van der Waals surface area contributed by atoms with Crippen LogP contribution in [0.1, 0.15) is 32.2 Å². The Morgan fingerprint density at radius 1 is 1.33 bits per heavy atom. The minimum absolute atomic E-state index is 0.157. The molecule has 0 bridgehead atoms. The molecule has 1 amide bonds. The lowest BCUT2D eigenvalue weighted by Gasteiger charge is -2.18. The molecular weight excluding hydrogens is 352 g/mol. The third kappa shape index (κ3) is 3.35. The predicted octanol–water partition coefficient (Wildman–Crippen LogP) is -0.411. The summed E-state index contributed by atoms with van der Waals surface area (Å²) in [6, 6.07) is -0.768. The van der Waals surface area contributed by atoms with E-state index >= 15 is 0 Å². The van der Waals surface area contributed by atoms with Gasteiger partial charge in [0.05, 0.1) is 31.1 Å². The normalized spacial score (nSPS) is 30.7. The zero-order valence-corrected chi connectivity index (χ0v) is 15.1. The Bertz CT molecular complexity index is 821. The van der Waals surface area contributed by atoms with Crippen LogP contribution < -0.4 is 10.6 Å². The van der Waals surface area contributed by atoms with E-state index in [-0.39, 0.29) is 11.9 Å². The van der Waals surface area contributed by atoms with E-state index in [2.05, 4.69) is 25.6 Å². The van der Waals surface area contributed by atoms with Crippen molar-refractivity contribution in [3.63, 3.8) is 0 Å². The number of carbonyl (C=O) groups is 1. The van der Waals surface area contributed by atoms with Crippen LogP contribution in [0.3, 0.4) is 0 Å². The minimum Gasteiger partial charge on any atom is -0.388 e. The number of aliphatic hydroxyl groups is 2. The minimum atomic E-state index is -1.04. The molecule has 1 saturated carbocycles. The number of nitrogens with one attached hydrogen (secondary N) is 2. The van der Waals surface area contributed by atoms with Crippen LogP contribution in [0.5, 0.6) is 0 Å². The number of aliphatic hydroxyl groups excluding tert-OH is 2. The summed E-state index contributed by atoms with van der Waals surface area (Å²) in [7, 11) is 0. The highest BCUT2D eigenvalue weighted by Gasteiger charge is 2.43. The highest BCUT2D eigenvalue weighted by molar-refractivity contribution is 5.83. The van der Waals surface area contributed by atoms with Gasteiger partial charge < -0.3 is 30.2 Å². The molecule has 27 heavy (non-hydrogen) atoms. The van der Waals surface area contributed by atoms with Gasteiger partial charge in [0.15, 0.2) is 11.5 Å². The first kappa shape index (κ1) is 18.1. The Labute approximate surface area is 156 Å². The summed E-state index contributed by atoms with van der Waals surface area (Å²) in [6.45, 7) is 3.09. The largest absolute Gasteiger partial charge is 0.388 e. The highest BCUT2D eigenvalue weighted by Crippen LogP contribution is 2.34. The quantitative estimate of drug-likeness (QED) is 0.553. The van der Waals surface area contributed by atoms with Gasteiger partial charge in [0.2, 0.25) is 5.91 Å². The van der Waals surface area contributed by atoms with E-state index in [4.69, 9.17) is 4.74 Å². The number of hydrogen-bond donors (Lipinski definition) is 4. The molecule has 146 valence electrons. The number of imidazole rings is 1. The van der Waals surface area contributed by atoms with Gasteiger partial charge in [-0.3, -0.25) is 4.79 Å². The Balaban J connectivity index is 1.59. The fourth-order valence-corrected chi connectivity index (χ4v) is 3.78. The molecule has 1 aliphatic carbocycles. The first-order valence-corrected chi connectivity index (χ1v) is 9.25. The van der Waals surface area contributed by atoms with Crippen LogP contribution in [-0.4, -0.2) is 73.1 Å². The van der Waals surface area contributed by atoms with Crippen LogP contribution >= 0.6 is 0 Å². The van der Waals surface area contributed by atoms with E-state index in [9.17, 15) is 15.0 Å². The maximum Gasteiger partial charge on any atom is 0.220 e. The molecule has 1 saturated heterocycles. The molecule has 10 heteroatoms. The van der Waals surface area contributed by atoms with Gasteiger partial charge in [0, 0.05) is 13.0 Å². The van der Waals surface area contributed by atoms with Crippen molar-refractivity contribution < 1.29 is 19.7 Å². The second-order valence-corrected chi connectivity index (χ2v) is 7.06. The van der Waals surface area contributed by atoms with Crippen LogP contribution in [0.25, 0.3) is 11.2 Å². The molecule has 2 aromatic heterocycles. The topological polar surface area (TPSA) is 134 Å². The summed E-state index contributed by atoms with van der Waals surface area (Å²) in [4.78, 5) is 24.7. The van der Waals surface area contributed by atoms with Crippen molar-refractivity contribution in [1.82, 2.24) is 24.8 Å². The Hall–Kier alpha value is -2.30. The van der Waals surface area contributed by atoms with Crippen molar-refractivity contribution in [1.29, 1.82) is 0 Å². The van der Waals surface area contributed by atoms with Crippen LogP contribution in [0.4, 0.5) is 5.82 Å². The van der Waals surface area contributed by atoms with Crippen LogP contribution in [0, 0.1) is 0 Å². The number of nitrogens with zero attached hydrogens (tertiary/aromatic N) is 4. The van der Waals surface area contributed by atoms with Gasteiger partial charge in [-0.25, -0.2) is 15.0 Å². The standard InChI is InChI=1S/C17H24N6O4/c1-2-12(24)22-10-5-11(15(26)14(10)25)23-8-20-13-16(18-7-19-17(13)23)21-9-3-4-27-6-9/h7-11,14-15,25-26H,2-6H2,1H3,(H,22,24)(H,18,19,21)/t9-,10+,11-,14-,15+/m1/s1. The van der Waals surface area contributed by atoms with E-state index in [1.807, 2.05) is 0 Å². The predicted molar refractivity (Wildman–Crippen MR) is 96.1 cm³/mol. The number of ether oxygens (including phenoxy) is 1. The number of aromatic nitrogens is 4. The summed E-state index contributed by atoms with van der Waals surface area (Å²) >= 11 is 0. The van der Waals surface area contributed by atoms with Gasteiger partial charge in [-0.05, 0) is 12.8 Å². The third-order valence-electron chi connectivity index (χ3n) is 5.31. The van der Waals surface area contributed by atoms with Gasteiger partial charge in [0.1, 0.15) is 24.1 Å². The molecule has 1 aliphatic heterocycles. The first-order chi connectivity index (χ1) is 13.1. The summed E-state index contributed by atoms with van der Waals surface area (Å²) in [5, 5.41) is 26.9. The van der Waals surface area contributed by atoms with E-state index in [0.29, 0.717) is 36.4 Å². The van der Waals surface area contributed by atoms with Crippen molar-refractivity contribution in [2.24, 2.45) is 0 Å². The molecule has 4 N–H and O–H groups in total. The molecular formula is C17H24N6O4. The summed E-state index contributed by atoms with van der Waals surface area (Å²) < 4.78 is 7.13. The highest BCUT2D eigenvalue weighted by atomic mass is 16.5. The van der Waals surface area contributed by atoms with Crippen molar-refractivity contribution in [2.75, 3.05) is 18.5 Å². The second kappa shape index (κ2) is 7.37. The van der Waals surface area contributed by atoms with E-state index < -0.39 is 24.3 Å². The Morgan fingerprint density at radius 3 is 2.93 bits per heavy atom. The molecule has 2 aromatic rings. The summed E-state index contributed by atoms with van der Waals surface area (Å²) in [5.74, 6) is 0.466. The number of fused-ring (bicyclic) bond motifs is 1. The van der Waals surface area contributed by atoms with Crippen LogP contribution in [-0.2, 0) is 9.53 Å². The second-order valence-electron chi connectivity index (χ2n) is 7.06. The maximum atomic E-state index is 11.7. The average molecular weight is 376 g/mol. The molecule has 3 heterocycles. The molecule has 0 spiro atoms. The SMILES string of the molecule is CCC(=O)N[C@H]1C[C@@H](n2cnc3c(N[C@@H]4CCOC4)ncnc32)[C@H](O)[C@@H]1O. The lowest BCUT2D eigenvalue weighted by Crippen LogP contribution is -2.42. The Kier molecular flexibility index (Phi) is 4.94. The molecule has 0 unspecified atom stereocenters. The smallest absolute Gasteiger partial charge is 0.220 e. The van der Waals surface area contributed by atoms with Gasteiger partial charge >= 0.3 is 0 Å². The molecule has 5 atom stereocenters. The van der Waals surface area contributed by atoms with Crippen molar-refractivity contribution in [3.05, 3.63) is 12.7 Å². The zero-order chi connectivity index (χ0) is 19.0. The van der Waals surface area contributed by atoms with Crippen LogP contribution in [0.15, 0.2) is 12.7 Å². The fourth-order valence-electron chi connectivity index (χ4n) is 3.78. The summed E-state index contributed by atoms with van der Waals surface area (Å²) in [5.41, 5.74) is 1.18. The molecule has 0 radical (unpaired) electrons. The fraction of sp³-hybridized carbons (Fsp3) is 0.647. The van der Waals surface area contributed by atoms with Crippen LogP contribution in [0.2, 0.25) is 0 Å². The van der Waals surface area contributed by atoms with Crippen molar-refractivity contribution in [2.45, 2.75) is 56.5 Å². The lowest BCUT2D eigenvalue weighted by molar-refractivity contribution is -0.122. The molecule has 2 aliphatic rings. The van der Waals surface area contributed by atoms with E-state index in [1.165, 1.54) is 6.33 Å². The van der Waals surface area contributed by atoms with Crippen molar-refractivity contribution >= 4 is 22.9 Å². The number of amides is 1. The van der Waals surface area contributed by atoms with Gasteiger partial charge in [-0.15, -0.1) is 0 Å². The number of anilines is 1. The maximum absolute atomic E-state index is 11.7. The number of rotatable bonds is 5. The molecule has 2 fully saturated rings.